The van der Waals surface area contributed by atoms with Crippen LogP contribution in [0.1, 0.15) is 19.3 Å². The molecule has 0 spiro atoms. The Morgan fingerprint density at radius 3 is 2.57 bits per heavy atom. The second-order valence-corrected chi connectivity index (χ2v) is 4.50. The highest BCUT2D eigenvalue weighted by Gasteiger charge is 2.37. The number of likely N-dealkylation sites (tertiary alicyclic amines) is 1. The van der Waals surface area contributed by atoms with Gasteiger partial charge in [0, 0.05) is 18.6 Å². The van der Waals surface area contributed by atoms with E-state index in [0.29, 0.717) is 12.1 Å². The monoisotopic (exact) mass is 198 g/mol. The van der Waals surface area contributed by atoms with Crippen LogP contribution in [0.25, 0.3) is 0 Å². The van der Waals surface area contributed by atoms with Crippen LogP contribution in [0.5, 0.6) is 0 Å². The van der Waals surface area contributed by atoms with Gasteiger partial charge in [-0.25, -0.2) is 0 Å². The predicted molar refractivity (Wildman–Crippen MR) is 53.3 cm³/mol. The first kappa shape index (κ1) is 9.93. The Bertz CT molecular complexity index is 228. The van der Waals surface area contributed by atoms with Crippen molar-refractivity contribution in [2.75, 3.05) is 26.7 Å². The second kappa shape index (κ2) is 3.87. The molecular weight excluding hydrogens is 180 g/mol. The van der Waals surface area contributed by atoms with Gasteiger partial charge in [0.25, 0.3) is 0 Å². The van der Waals surface area contributed by atoms with Crippen molar-refractivity contribution < 1.29 is 9.90 Å². The summed E-state index contributed by atoms with van der Waals surface area (Å²) in [7, 11) is 2.10. The highest BCUT2D eigenvalue weighted by Crippen LogP contribution is 2.30. The lowest BCUT2D eigenvalue weighted by atomic mass is 10.2. The van der Waals surface area contributed by atoms with Crippen molar-refractivity contribution in [2.24, 2.45) is 0 Å². The number of likely N-dealkylation sites (N-methyl/N-ethyl adjacent to an activating group) is 1. The average molecular weight is 198 g/mol. The van der Waals surface area contributed by atoms with E-state index in [9.17, 15) is 4.79 Å². The summed E-state index contributed by atoms with van der Waals surface area (Å²) in [4.78, 5) is 15.2. The number of rotatable bonds is 4. The van der Waals surface area contributed by atoms with Crippen LogP contribution in [0.15, 0.2) is 0 Å². The molecule has 4 heteroatoms. The minimum atomic E-state index is -0.688. The molecule has 1 aliphatic carbocycles. The van der Waals surface area contributed by atoms with E-state index in [-0.39, 0.29) is 6.54 Å². The number of aliphatic carboxylic acids is 1. The average Bonchev–Trinajstić information content (AvgIpc) is 2.85. The third kappa shape index (κ3) is 2.25. The van der Waals surface area contributed by atoms with Crippen LogP contribution in [-0.4, -0.2) is 59.6 Å². The van der Waals surface area contributed by atoms with Crippen molar-refractivity contribution in [1.82, 2.24) is 9.80 Å². The predicted octanol–water partition coefficient (Wildman–Crippen LogP) is 0.239. The SMILES string of the molecule is CN1CCC(N(CC(=O)O)C2CC2)C1. The maximum Gasteiger partial charge on any atom is 0.317 e. The van der Waals surface area contributed by atoms with E-state index in [0.717, 1.165) is 19.5 Å². The highest BCUT2D eigenvalue weighted by molar-refractivity contribution is 5.69. The number of carboxylic acids is 1. The zero-order chi connectivity index (χ0) is 10.1. The summed E-state index contributed by atoms with van der Waals surface area (Å²) in [6, 6.07) is 1.03. The molecule has 1 N–H and O–H groups in total. The van der Waals surface area contributed by atoms with Crippen molar-refractivity contribution in [3.8, 4) is 0 Å². The number of hydrogen-bond donors (Lipinski definition) is 1. The van der Waals surface area contributed by atoms with E-state index < -0.39 is 5.97 Å². The van der Waals surface area contributed by atoms with Crippen LogP contribution in [0.2, 0.25) is 0 Å². The Hall–Kier alpha value is -0.610. The van der Waals surface area contributed by atoms with E-state index in [1.165, 1.54) is 12.8 Å². The first-order chi connectivity index (χ1) is 6.66. The summed E-state index contributed by atoms with van der Waals surface area (Å²) < 4.78 is 0. The van der Waals surface area contributed by atoms with Gasteiger partial charge in [0.15, 0.2) is 0 Å². The summed E-state index contributed by atoms with van der Waals surface area (Å²) >= 11 is 0. The van der Waals surface area contributed by atoms with Gasteiger partial charge in [0.05, 0.1) is 6.54 Å². The molecule has 2 rings (SSSR count). The van der Waals surface area contributed by atoms with Gasteiger partial charge in [0.1, 0.15) is 0 Å². The van der Waals surface area contributed by atoms with E-state index >= 15 is 0 Å². The van der Waals surface area contributed by atoms with Crippen LogP contribution < -0.4 is 0 Å². The Labute approximate surface area is 84.5 Å². The maximum atomic E-state index is 10.7. The van der Waals surface area contributed by atoms with Crippen molar-refractivity contribution in [1.29, 1.82) is 0 Å². The molecule has 4 nitrogen and oxygen atoms in total. The molecule has 1 unspecified atom stereocenters. The van der Waals surface area contributed by atoms with Gasteiger partial charge >= 0.3 is 5.97 Å². The van der Waals surface area contributed by atoms with Crippen LogP contribution in [0.4, 0.5) is 0 Å². The molecule has 0 aromatic carbocycles. The molecule has 80 valence electrons. The van der Waals surface area contributed by atoms with Crippen LogP contribution in [0, 0.1) is 0 Å². The van der Waals surface area contributed by atoms with Gasteiger partial charge in [-0.3, -0.25) is 9.69 Å². The molecule has 0 radical (unpaired) electrons. The molecule has 1 saturated heterocycles. The number of nitrogens with zero attached hydrogens (tertiary/aromatic N) is 2. The van der Waals surface area contributed by atoms with Gasteiger partial charge in [-0.15, -0.1) is 0 Å². The Morgan fingerprint density at radius 2 is 2.14 bits per heavy atom. The fraction of sp³-hybridized carbons (Fsp3) is 0.900. The molecule has 1 heterocycles. The van der Waals surface area contributed by atoms with Crippen LogP contribution >= 0.6 is 0 Å². The number of hydrogen-bond acceptors (Lipinski definition) is 3. The van der Waals surface area contributed by atoms with E-state index in [1.807, 2.05) is 0 Å². The molecule has 0 amide bonds. The lowest BCUT2D eigenvalue weighted by Crippen LogP contribution is -2.42. The summed E-state index contributed by atoms with van der Waals surface area (Å²) in [5, 5.41) is 8.83. The van der Waals surface area contributed by atoms with Gasteiger partial charge in [-0.1, -0.05) is 0 Å². The normalized spacial score (nSPS) is 28.6. The van der Waals surface area contributed by atoms with Gasteiger partial charge in [0.2, 0.25) is 0 Å². The zero-order valence-electron chi connectivity index (χ0n) is 8.65. The van der Waals surface area contributed by atoms with Crippen molar-refractivity contribution in [3.63, 3.8) is 0 Å². The third-order valence-corrected chi connectivity index (χ3v) is 3.17. The van der Waals surface area contributed by atoms with E-state index in [4.69, 9.17) is 5.11 Å². The third-order valence-electron chi connectivity index (χ3n) is 3.17. The minimum absolute atomic E-state index is 0.225. The molecule has 0 aromatic rings. The standard InChI is InChI=1S/C10H18N2O2/c1-11-5-4-9(6-11)12(7-10(13)14)8-2-3-8/h8-9H,2-7H2,1H3,(H,13,14). The summed E-state index contributed by atoms with van der Waals surface area (Å²) in [6.07, 6.45) is 3.50. The summed E-state index contributed by atoms with van der Waals surface area (Å²) in [5.74, 6) is -0.688. The second-order valence-electron chi connectivity index (χ2n) is 4.50. The molecule has 2 aliphatic rings. The van der Waals surface area contributed by atoms with E-state index in [1.54, 1.807) is 0 Å². The summed E-state index contributed by atoms with van der Waals surface area (Å²) in [6.45, 7) is 2.36. The van der Waals surface area contributed by atoms with E-state index in [2.05, 4.69) is 16.8 Å². The molecule has 1 saturated carbocycles. The van der Waals surface area contributed by atoms with Crippen LogP contribution in [0.3, 0.4) is 0 Å². The Morgan fingerprint density at radius 1 is 1.43 bits per heavy atom. The first-order valence-corrected chi connectivity index (χ1v) is 5.33. The minimum Gasteiger partial charge on any atom is -0.480 e. The topological polar surface area (TPSA) is 43.8 Å². The molecule has 2 fully saturated rings. The van der Waals surface area contributed by atoms with Gasteiger partial charge < -0.3 is 10.0 Å². The molecular formula is C10H18N2O2. The fourth-order valence-corrected chi connectivity index (χ4v) is 2.30. The van der Waals surface area contributed by atoms with Crippen molar-refractivity contribution >= 4 is 5.97 Å². The lowest BCUT2D eigenvalue weighted by molar-refractivity contribution is -0.139. The largest absolute Gasteiger partial charge is 0.480 e. The van der Waals surface area contributed by atoms with Crippen molar-refractivity contribution in [2.45, 2.75) is 31.3 Å². The molecule has 0 aromatic heterocycles. The quantitative estimate of drug-likeness (QED) is 0.702. The highest BCUT2D eigenvalue weighted by atomic mass is 16.4. The maximum absolute atomic E-state index is 10.7. The zero-order valence-corrected chi connectivity index (χ0v) is 8.65. The molecule has 1 aliphatic heterocycles. The smallest absolute Gasteiger partial charge is 0.317 e. The number of carboxylic acid groups (broad SMARTS) is 1. The lowest BCUT2D eigenvalue weighted by Gasteiger charge is -2.26. The van der Waals surface area contributed by atoms with Crippen molar-refractivity contribution in [3.05, 3.63) is 0 Å². The number of carbonyl (C=O) groups is 1. The Kier molecular flexibility index (Phi) is 2.74. The molecule has 1 atom stereocenters. The fourth-order valence-electron chi connectivity index (χ4n) is 2.30. The molecule has 0 bridgehead atoms. The van der Waals surface area contributed by atoms with Crippen LogP contribution in [-0.2, 0) is 4.79 Å². The Balaban J connectivity index is 1.92. The van der Waals surface area contributed by atoms with Gasteiger partial charge in [-0.2, -0.15) is 0 Å². The first-order valence-electron chi connectivity index (χ1n) is 5.33. The summed E-state index contributed by atoms with van der Waals surface area (Å²) in [5.41, 5.74) is 0. The molecule has 14 heavy (non-hydrogen) atoms. The van der Waals surface area contributed by atoms with Gasteiger partial charge in [-0.05, 0) is 32.9 Å².